The summed E-state index contributed by atoms with van der Waals surface area (Å²) >= 11 is 5.52. The van der Waals surface area contributed by atoms with Gasteiger partial charge in [0.1, 0.15) is 5.52 Å². The van der Waals surface area contributed by atoms with Gasteiger partial charge in [-0.15, -0.1) is 11.6 Å². The lowest BCUT2D eigenvalue weighted by molar-refractivity contribution is 0.626. The highest BCUT2D eigenvalue weighted by atomic mass is 35.5. The minimum Gasteiger partial charge on any atom is -0.345 e. The van der Waals surface area contributed by atoms with E-state index in [2.05, 4.69) is 9.97 Å². The number of aromatic amines is 1. The van der Waals surface area contributed by atoms with Crippen LogP contribution >= 0.6 is 11.6 Å². The monoisotopic (exact) mass is 184 g/mol. The van der Waals surface area contributed by atoms with Gasteiger partial charge in [-0.2, -0.15) is 0 Å². The predicted molar refractivity (Wildman–Crippen MR) is 45.6 cm³/mol. The summed E-state index contributed by atoms with van der Waals surface area (Å²) in [5.74, 6) is -0.155. The largest absolute Gasteiger partial charge is 0.345 e. The zero-order valence-corrected chi connectivity index (χ0v) is 6.90. The Hall–Kier alpha value is -1.09. The Kier molecular flexibility index (Phi) is 1.73. The van der Waals surface area contributed by atoms with Crippen LogP contribution in [0.2, 0.25) is 0 Å². The van der Waals surface area contributed by atoms with Gasteiger partial charge in [0.05, 0.1) is 17.7 Å². The molecular formula is C8H6ClFN2. The highest BCUT2D eigenvalue weighted by Crippen LogP contribution is 2.18. The summed E-state index contributed by atoms with van der Waals surface area (Å²) in [4.78, 5) is 6.66. The molecule has 4 heteroatoms. The summed E-state index contributed by atoms with van der Waals surface area (Å²) in [7, 11) is 0. The zero-order valence-electron chi connectivity index (χ0n) is 6.14. The van der Waals surface area contributed by atoms with Crippen LogP contribution in [0.3, 0.4) is 0 Å². The zero-order chi connectivity index (χ0) is 8.55. The van der Waals surface area contributed by atoms with E-state index in [4.69, 9.17) is 11.6 Å². The summed E-state index contributed by atoms with van der Waals surface area (Å²) in [6.45, 7) is 0. The molecule has 0 aliphatic rings. The lowest BCUT2D eigenvalue weighted by Crippen LogP contribution is -1.86. The fourth-order valence-electron chi connectivity index (χ4n) is 1.12. The third-order valence-corrected chi connectivity index (χ3v) is 2.04. The van der Waals surface area contributed by atoms with Crippen molar-refractivity contribution in [2.24, 2.45) is 0 Å². The summed E-state index contributed by atoms with van der Waals surface area (Å²) in [5.41, 5.74) is 1.53. The molecule has 12 heavy (non-hydrogen) atoms. The number of aromatic nitrogens is 2. The van der Waals surface area contributed by atoms with E-state index in [1.165, 1.54) is 6.33 Å². The van der Waals surface area contributed by atoms with Gasteiger partial charge in [0.25, 0.3) is 0 Å². The molecule has 0 bridgehead atoms. The molecule has 0 saturated heterocycles. The van der Waals surface area contributed by atoms with E-state index < -0.39 is 0 Å². The van der Waals surface area contributed by atoms with Crippen molar-refractivity contribution >= 4 is 22.6 Å². The molecule has 0 saturated carbocycles. The topological polar surface area (TPSA) is 28.7 Å². The second-order valence-electron chi connectivity index (χ2n) is 2.47. The van der Waals surface area contributed by atoms with Gasteiger partial charge in [-0.25, -0.2) is 9.37 Å². The average Bonchev–Trinajstić information content (AvgIpc) is 2.53. The van der Waals surface area contributed by atoms with E-state index in [1.807, 2.05) is 0 Å². The number of fused-ring (bicyclic) bond motifs is 1. The Bertz CT molecular complexity index is 410. The maximum atomic E-state index is 13.3. The smallest absolute Gasteiger partial charge is 0.155 e. The SMILES string of the molecule is Fc1c(CCl)ccc2[nH]cnc12. The van der Waals surface area contributed by atoms with Gasteiger partial charge >= 0.3 is 0 Å². The summed E-state index contributed by atoms with van der Waals surface area (Å²) in [6.07, 6.45) is 1.46. The van der Waals surface area contributed by atoms with Gasteiger partial charge < -0.3 is 4.98 Å². The number of nitrogens with zero attached hydrogens (tertiary/aromatic N) is 1. The number of rotatable bonds is 1. The highest BCUT2D eigenvalue weighted by molar-refractivity contribution is 6.17. The summed E-state index contributed by atoms with van der Waals surface area (Å²) < 4.78 is 13.3. The van der Waals surface area contributed by atoms with Gasteiger partial charge in [0.2, 0.25) is 0 Å². The molecule has 2 aromatic rings. The fraction of sp³-hybridized carbons (Fsp3) is 0.125. The van der Waals surface area contributed by atoms with Gasteiger partial charge in [-0.3, -0.25) is 0 Å². The number of nitrogens with one attached hydrogen (secondary N) is 1. The van der Waals surface area contributed by atoms with Crippen LogP contribution in [0.25, 0.3) is 11.0 Å². The van der Waals surface area contributed by atoms with Crippen molar-refractivity contribution in [2.45, 2.75) is 5.88 Å². The minimum atomic E-state index is -0.330. The highest BCUT2D eigenvalue weighted by Gasteiger charge is 2.07. The van der Waals surface area contributed by atoms with E-state index >= 15 is 0 Å². The second kappa shape index (κ2) is 2.75. The molecular weight excluding hydrogens is 179 g/mol. The van der Waals surface area contributed by atoms with Crippen molar-refractivity contribution < 1.29 is 4.39 Å². The normalized spacial score (nSPS) is 10.8. The average molecular weight is 185 g/mol. The Balaban J connectivity index is 2.78. The van der Waals surface area contributed by atoms with E-state index in [9.17, 15) is 4.39 Å². The first-order valence-corrected chi connectivity index (χ1v) is 4.03. The number of benzene rings is 1. The van der Waals surface area contributed by atoms with Crippen LogP contribution in [0.5, 0.6) is 0 Å². The molecule has 1 heterocycles. The number of imidazole rings is 1. The van der Waals surface area contributed by atoms with Crippen LogP contribution in [-0.4, -0.2) is 9.97 Å². The van der Waals surface area contributed by atoms with Crippen LogP contribution in [0.4, 0.5) is 4.39 Å². The Morgan fingerprint density at radius 1 is 1.50 bits per heavy atom. The first-order chi connectivity index (χ1) is 5.83. The van der Waals surface area contributed by atoms with E-state index in [-0.39, 0.29) is 11.7 Å². The molecule has 0 unspecified atom stereocenters. The van der Waals surface area contributed by atoms with Crippen LogP contribution < -0.4 is 0 Å². The molecule has 0 radical (unpaired) electrons. The molecule has 1 N–H and O–H groups in total. The predicted octanol–water partition coefficient (Wildman–Crippen LogP) is 2.44. The Morgan fingerprint density at radius 3 is 3.08 bits per heavy atom. The molecule has 2 nitrogen and oxygen atoms in total. The minimum absolute atomic E-state index is 0.175. The molecule has 0 fully saturated rings. The molecule has 2 rings (SSSR count). The van der Waals surface area contributed by atoms with Crippen molar-refractivity contribution in [1.82, 2.24) is 9.97 Å². The van der Waals surface area contributed by atoms with E-state index in [0.29, 0.717) is 16.6 Å². The van der Waals surface area contributed by atoms with Crippen molar-refractivity contribution in [3.8, 4) is 0 Å². The van der Waals surface area contributed by atoms with Crippen molar-refractivity contribution in [3.05, 3.63) is 29.8 Å². The van der Waals surface area contributed by atoms with Crippen LogP contribution in [0, 0.1) is 5.82 Å². The quantitative estimate of drug-likeness (QED) is 0.678. The number of H-pyrrole nitrogens is 1. The molecule has 0 spiro atoms. The van der Waals surface area contributed by atoms with Crippen molar-refractivity contribution in [3.63, 3.8) is 0 Å². The number of hydrogen-bond acceptors (Lipinski definition) is 1. The summed E-state index contributed by atoms with van der Waals surface area (Å²) in [5, 5.41) is 0. The molecule has 0 amide bonds. The lowest BCUT2D eigenvalue weighted by atomic mass is 10.2. The third kappa shape index (κ3) is 0.975. The molecule has 0 atom stereocenters. The van der Waals surface area contributed by atoms with Gasteiger partial charge in [-0.05, 0) is 6.07 Å². The standard InChI is InChI=1S/C8H6ClFN2/c9-3-5-1-2-6-8(7(5)10)12-4-11-6/h1-2,4H,3H2,(H,11,12). The van der Waals surface area contributed by atoms with E-state index in [0.717, 1.165) is 0 Å². The molecule has 0 aliphatic heterocycles. The van der Waals surface area contributed by atoms with Gasteiger partial charge in [0, 0.05) is 5.56 Å². The fourth-order valence-corrected chi connectivity index (χ4v) is 1.33. The van der Waals surface area contributed by atoms with Crippen molar-refractivity contribution in [2.75, 3.05) is 0 Å². The number of halogens is 2. The third-order valence-electron chi connectivity index (χ3n) is 1.75. The van der Waals surface area contributed by atoms with Crippen LogP contribution in [0.15, 0.2) is 18.5 Å². The van der Waals surface area contributed by atoms with Gasteiger partial charge in [-0.1, -0.05) is 6.07 Å². The Morgan fingerprint density at radius 2 is 2.33 bits per heavy atom. The Labute approximate surface area is 73.4 Å². The molecule has 1 aromatic heterocycles. The molecule has 0 aliphatic carbocycles. The maximum absolute atomic E-state index is 13.3. The van der Waals surface area contributed by atoms with Crippen molar-refractivity contribution in [1.29, 1.82) is 0 Å². The lowest BCUT2D eigenvalue weighted by Gasteiger charge is -1.97. The number of alkyl halides is 1. The first kappa shape index (κ1) is 7.55. The van der Waals surface area contributed by atoms with Gasteiger partial charge in [0.15, 0.2) is 5.82 Å². The van der Waals surface area contributed by atoms with E-state index in [1.54, 1.807) is 12.1 Å². The number of hydrogen-bond donors (Lipinski definition) is 1. The maximum Gasteiger partial charge on any atom is 0.155 e. The molecule has 62 valence electrons. The van der Waals surface area contributed by atoms with Crippen LogP contribution in [-0.2, 0) is 5.88 Å². The van der Waals surface area contributed by atoms with Crippen LogP contribution in [0.1, 0.15) is 5.56 Å². The second-order valence-corrected chi connectivity index (χ2v) is 2.74. The molecule has 1 aromatic carbocycles. The first-order valence-electron chi connectivity index (χ1n) is 3.49. The summed E-state index contributed by atoms with van der Waals surface area (Å²) in [6, 6.07) is 3.42.